The molecule has 1 aromatic rings. The third-order valence-corrected chi connectivity index (χ3v) is 3.32. The van der Waals surface area contributed by atoms with E-state index in [0.29, 0.717) is 13.2 Å². The molecular weight excluding hydrogens is 256 g/mol. The molecule has 1 amide bonds. The molecule has 110 valence electrons. The molecule has 2 rings (SSSR count). The van der Waals surface area contributed by atoms with Gasteiger partial charge >= 0.3 is 0 Å². The molecule has 20 heavy (non-hydrogen) atoms. The van der Waals surface area contributed by atoms with E-state index in [1.165, 1.54) is 6.42 Å². The van der Waals surface area contributed by atoms with E-state index < -0.39 is 0 Å². The first kappa shape index (κ1) is 15.0. The topological polar surface area (TPSA) is 73.6 Å². The van der Waals surface area contributed by atoms with Crippen molar-refractivity contribution >= 4 is 11.6 Å². The zero-order valence-electron chi connectivity index (χ0n) is 11.6. The summed E-state index contributed by atoms with van der Waals surface area (Å²) >= 11 is 0. The SMILES string of the molecule is NCc1ccccc1NC(=O)COCC1CCCCO1. The van der Waals surface area contributed by atoms with Gasteiger partial charge in [0.2, 0.25) is 5.91 Å². The lowest BCUT2D eigenvalue weighted by Gasteiger charge is -2.22. The fourth-order valence-electron chi connectivity index (χ4n) is 2.23. The Balaban J connectivity index is 1.72. The third-order valence-electron chi connectivity index (χ3n) is 3.32. The molecule has 1 aliphatic heterocycles. The lowest BCUT2D eigenvalue weighted by Crippen LogP contribution is -2.27. The van der Waals surface area contributed by atoms with Crippen LogP contribution in [0.3, 0.4) is 0 Å². The number of carbonyl (C=O) groups excluding carboxylic acids is 1. The maximum Gasteiger partial charge on any atom is 0.250 e. The van der Waals surface area contributed by atoms with Crippen molar-refractivity contribution in [3.05, 3.63) is 29.8 Å². The van der Waals surface area contributed by atoms with Crippen LogP contribution < -0.4 is 11.1 Å². The fraction of sp³-hybridized carbons (Fsp3) is 0.533. The van der Waals surface area contributed by atoms with Crippen molar-refractivity contribution in [2.75, 3.05) is 25.1 Å². The van der Waals surface area contributed by atoms with Crippen molar-refractivity contribution in [2.45, 2.75) is 31.9 Å². The van der Waals surface area contributed by atoms with Gasteiger partial charge in [-0.25, -0.2) is 0 Å². The molecule has 1 heterocycles. The van der Waals surface area contributed by atoms with E-state index in [2.05, 4.69) is 5.32 Å². The maximum absolute atomic E-state index is 11.8. The van der Waals surface area contributed by atoms with Crippen LogP contribution in [0.25, 0.3) is 0 Å². The van der Waals surface area contributed by atoms with Gasteiger partial charge in [0.05, 0.1) is 12.7 Å². The number of para-hydroxylation sites is 1. The van der Waals surface area contributed by atoms with Crippen molar-refractivity contribution in [3.63, 3.8) is 0 Å². The lowest BCUT2D eigenvalue weighted by atomic mass is 10.1. The van der Waals surface area contributed by atoms with Gasteiger partial charge in [-0.3, -0.25) is 4.79 Å². The second kappa shape index (κ2) is 7.99. The second-order valence-electron chi connectivity index (χ2n) is 4.91. The summed E-state index contributed by atoms with van der Waals surface area (Å²) in [5, 5.41) is 2.81. The number of nitrogens with two attached hydrogens (primary N) is 1. The van der Waals surface area contributed by atoms with Gasteiger partial charge in [0, 0.05) is 18.8 Å². The van der Waals surface area contributed by atoms with Crippen LogP contribution in [0.1, 0.15) is 24.8 Å². The molecule has 3 N–H and O–H groups in total. The summed E-state index contributed by atoms with van der Waals surface area (Å²) in [6.07, 6.45) is 3.43. The van der Waals surface area contributed by atoms with Crippen molar-refractivity contribution in [2.24, 2.45) is 5.73 Å². The average Bonchev–Trinajstić information content (AvgIpc) is 2.49. The molecule has 1 saturated heterocycles. The number of nitrogens with one attached hydrogen (secondary N) is 1. The predicted molar refractivity (Wildman–Crippen MR) is 77.4 cm³/mol. The monoisotopic (exact) mass is 278 g/mol. The summed E-state index contributed by atoms with van der Waals surface area (Å²) in [5.74, 6) is -0.165. The van der Waals surface area contributed by atoms with Gasteiger partial charge in [0.25, 0.3) is 0 Å². The van der Waals surface area contributed by atoms with Gasteiger partial charge in [0.1, 0.15) is 6.61 Å². The van der Waals surface area contributed by atoms with E-state index in [4.69, 9.17) is 15.2 Å². The number of hydrogen-bond acceptors (Lipinski definition) is 4. The lowest BCUT2D eigenvalue weighted by molar-refractivity contribution is -0.122. The summed E-state index contributed by atoms with van der Waals surface area (Å²) in [7, 11) is 0. The van der Waals surface area contributed by atoms with Crippen LogP contribution in [0.5, 0.6) is 0 Å². The first-order valence-electron chi connectivity index (χ1n) is 7.07. The van der Waals surface area contributed by atoms with Crippen LogP contribution >= 0.6 is 0 Å². The highest BCUT2D eigenvalue weighted by Crippen LogP contribution is 2.14. The molecule has 0 aromatic heterocycles. The van der Waals surface area contributed by atoms with Gasteiger partial charge in [-0.1, -0.05) is 18.2 Å². The van der Waals surface area contributed by atoms with Crippen molar-refractivity contribution in [1.82, 2.24) is 0 Å². The van der Waals surface area contributed by atoms with E-state index in [0.717, 1.165) is 30.7 Å². The van der Waals surface area contributed by atoms with Gasteiger partial charge < -0.3 is 20.5 Å². The molecule has 1 aromatic carbocycles. The summed E-state index contributed by atoms with van der Waals surface area (Å²) in [5.41, 5.74) is 7.29. The van der Waals surface area contributed by atoms with Crippen LogP contribution in [0.15, 0.2) is 24.3 Å². The molecule has 1 atom stereocenters. The normalized spacial score (nSPS) is 18.8. The average molecular weight is 278 g/mol. The summed E-state index contributed by atoms with van der Waals surface area (Å²) in [6, 6.07) is 7.50. The zero-order chi connectivity index (χ0) is 14.2. The van der Waals surface area contributed by atoms with Crippen LogP contribution in [0.2, 0.25) is 0 Å². The highest BCUT2D eigenvalue weighted by Gasteiger charge is 2.14. The Labute approximate surface area is 119 Å². The fourth-order valence-corrected chi connectivity index (χ4v) is 2.23. The smallest absolute Gasteiger partial charge is 0.250 e. The van der Waals surface area contributed by atoms with Crippen LogP contribution in [-0.2, 0) is 20.8 Å². The molecule has 1 fully saturated rings. The number of rotatable bonds is 6. The minimum atomic E-state index is -0.165. The summed E-state index contributed by atoms with van der Waals surface area (Å²) in [6.45, 7) is 1.71. The molecule has 5 nitrogen and oxygen atoms in total. The largest absolute Gasteiger partial charge is 0.376 e. The Kier molecular flexibility index (Phi) is 5.98. The van der Waals surface area contributed by atoms with Crippen LogP contribution in [-0.4, -0.2) is 31.8 Å². The quantitative estimate of drug-likeness (QED) is 0.830. The molecule has 1 aliphatic rings. The van der Waals surface area contributed by atoms with Crippen molar-refractivity contribution in [1.29, 1.82) is 0 Å². The molecule has 1 unspecified atom stereocenters. The number of amides is 1. The first-order valence-corrected chi connectivity index (χ1v) is 7.07. The Morgan fingerprint density at radius 3 is 3.00 bits per heavy atom. The Hall–Kier alpha value is -1.43. The predicted octanol–water partition coefficient (Wildman–Crippen LogP) is 1.67. The minimum Gasteiger partial charge on any atom is -0.376 e. The van der Waals surface area contributed by atoms with E-state index >= 15 is 0 Å². The molecule has 0 bridgehead atoms. The summed E-state index contributed by atoms with van der Waals surface area (Å²) in [4.78, 5) is 11.8. The molecule has 0 spiro atoms. The van der Waals surface area contributed by atoms with Gasteiger partial charge in [0.15, 0.2) is 0 Å². The Bertz CT molecular complexity index is 431. The number of benzene rings is 1. The number of carbonyl (C=O) groups is 1. The first-order chi connectivity index (χ1) is 9.79. The van der Waals surface area contributed by atoms with E-state index in [9.17, 15) is 4.79 Å². The van der Waals surface area contributed by atoms with Gasteiger partial charge in [-0.2, -0.15) is 0 Å². The molecular formula is C15H22N2O3. The van der Waals surface area contributed by atoms with Crippen LogP contribution in [0.4, 0.5) is 5.69 Å². The Morgan fingerprint density at radius 1 is 1.40 bits per heavy atom. The van der Waals surface area contributed by atoms with Crippen LogP contribution in [0, 0.1) is 0 Å². The standard InChI is InChI=1S/C15H22N2O3/c16-9-12-5-1-2-7-14(12)17-15(18)11-19-10-13-6-3-4-8-20-13/h1-2,5,7,13H,3-4,6,8-11,16H2,(H,17,18). The number of hydrogen-bond donors (Lipinski definition) is 2. The molecule has 5 heteroatoms. The summed E-state index contributed by atoms with van der Waals surface area (Å²) < 4.78 is 11.0. The molecule has 0 radical (unpaired) electrons. The molecule has 0 aliphatic carbocycles. The van der Waals surface area contributed by atoms with Crippen molar-refractivity contribution < 1.29 is 14.3 Å². The van der Waals surface area contributed by atoms with E-state index in [1.807, 2.05) is 24.3 Å². The highest BCUT2D eigenvalue weighted by atomic mass is 16.5. The van der Waals surface area contributed by atoms with E-state index in [1.54, 1.807) is 0 Å². The van der Waals surface area contributed by atoms with Gasteiger partial charge in [-0.05, 0) is 30.9 Å². The van der Waals surface area contributed by atoms with Gasteiger partial charge in [-0.15, -0.1) is 0 Å². The van der Waals surface area contributed by atoms with E-state index in [-0.39, 0.29) is 18.6 Å². The maximum atomic E-state index is 11.8. The Morgan fingerprint density at radius 2 is 2.25 bits per heavy atom. The number of anilines is 1. The third kappa shape index (κ3) is 4.59. The second-order valence-corrected chi connectivity index (χ2v) is 4.91. The number of ether oxygens (including phenoxy) is 2. The zero-order valence-corrected chi connectivity index (χ0v) is 11.6. The highest BCUT2D eigenvalue weighted by molar-refractivity contribution is 5.92. The van der Waals surface area contributed by atoms with Crippen molar-refractivity contribution in [3.8, 4) is 0 Å². The molecule has 0 saturated carbocycles. The minimum absolute atomic E-state index is 0.0404.